The van der Waals surface area contributed by atoms with Crippen LogP contribution in [0.2, 0.25) is 0 Å². The summed E-state index contributed by atoms with van der Waals surface area (Å²) in [5.41, 5.74) is 0. The van der Waals surface area contributed by atoms with Gasteiger partial charge in [-0.05, 0) is 38.1 Å². The molecule has 0 aliphatic rings. The Hall–Kier alpha value is -0.120. The first kappa shape index (κ1) is 36.9. The van der Waals surface area contributed by atoms with Crippen molar-refractivity contribution in [3.63, 3.8) is 0 Å². The Balaban J connectivity index is 3.90. The van der Waals surface area contributed by atoms with Crippen molar-refractivity contribution in [2.75, 3.05) is 46.6 Å². The second kappa shape index (κ2) is 27.4. The number of unbranched alkanes of at least 4 members (excludes halogenated alkanes) is 14. The number of likely N-dealkylation sites (N-methyl/N-ethyl adjacent to an activating group) is 1. The summed E-state index contributed by atoms with van der Waals surface area (Å²) in [6.07, 6.45) is 19.4. The van der Waals surface area contributed by atoms with Crippen LogP contribution in [0, 0.1) is 0 Å². The van der Waals surface area contributed by atoms with E-state index in [4.69, 9.17) is 35.4 Å². The third-order valence-electron chi connectivity index (χ3n) is 6.11. The quantitative estimate of drug-likeness (QED) is 0.0652. The van der Waals surface area contributed by atoms with Crippen LogP contribution in [0.25, 0.3) is 0 Å². The van der Waals surface area contributed by atoms with E-state index in [-0.39, 0.29) is 25.7 Å². The molecule has 0 radical (unpaired) electrons. The summed E-state index contributed by atoms with van der Waals surface area (Å²) in [4.78, 5) is 20.8. The number of rotatable bonds is 30. The van der Waals surface area contributed by atoms with E-state index in [1.165, 1.54) is 77.0 Å². The fourth-order valence-electron chi connectivity index (χ4n) is 3.86. The number of carboxylic acids is 1. The molecule has 0 amide bonds. The predicted octanol–water partition coefficient (Wildman–Crippen LogP) is 6.59. The molecule has 0 heterocycles. The fraction of sp³-hybridized carbons (Fsp3) is 0.963. The van der Waals surface area contributed by atoms with Crippen LogP contribution >= 0.6 is 6.72 Å². The van der Waals surface area contributed by atoms with Crippen molar-refractivity contribution in [3.05, 3.63) is 0 Å². The number of ether oxygens (including phenoxy) is 2. The van der Waals surface area contributed by atoms with E-state index in [2.05, 4.69) is 12.2 Å². The maximum absolute atomic E-state index is 10.7. The number of aliphatic carboxylic acids is 1. The average molecular weight is 570 g/mol. The second-order valence-electron chi connectivity index (χ2n) is 9.72. The average Bonchev–Trinajstić information content (AvgIpc) is 2.86. The summed E-state index contributed by atoms with van der Waals surface area (Å²) in [6.45, 7) is 1.23. The molecule has 222 valence electrons. The van der Waals surface area contributed by atoms with Crippen molar-refractivity contribution in [2.45, 2.75) is 122 Å². The van der Waals surface area contributed by atoms with Crippen LogP contribution < -0.4 is 5.32 Å². The molecule has 8 nitrogen and oxygen atoms in total. The Morgan fingerprint density at radius 2 is 1.32 bits per heavy atom. The van der Waals surface area contributed by atoms with Gasteiger partial charge in [0, 0.05) is 26.2 Å². The topological polar surface area (TPSA) is 106 Å². The molecular formula is C27H56NO7PS. The molecule has 3 N–H and O–H groups in total. The standard InChI is InChI=1S/C27H56NO7PS/c1-3-4-5-6-7-8-9-10-11-12-13-14-15-17-21-32-24-26(33-22-18-16-19-27(29)30)25-35-36(31,37)34-23-20-28-2/h26,28H,3-25H2,1-2H3,(H,29,30)(H,31,37). The van der Waals surface area contributed by atoms with Crippen molar-refractivity contribution < 1.29 is 33.3 Å². The van der Waals surface area contributed by atoms with E-state index in [1.54, 1.807) is 7.05 Å². The Kier molecular flexibility index (Phi) is 27.4. The minimum absolute atomic E-state index is 0.0744. The highest BCUT2D eigenvalue weighted by molar-refractivity contribution is 8.07. The van der Waals surface area contributed by atoms with E-state index in [9.17, 15) is 9.69 Å². The molecule has 2 unspecified atom stereocenters. The lowest BCUT2D eigenvalue weighted by atomic mass is 10.0. The number of nitrogens with one attached hydrogen (secondary N) is 1. The van der Waals surface area contributed by atoms with Gasteiger partial charge in [-0.15, -0.1) is 0 Å². The molecule has 0 saturated carbocycles. The van der Waals surface area contributed by atoms with Crippen molar-refractivity contribution in [1.29, 1.82) is 0 Å². The van der Waals surface area contributed by atoms with Gasteiger partial charge in [0.15, 0.2) is 0 Å². The zero-order valence-electron chi connectivity index (χ0n) is 23.6. The van der Waals surface area contributed by atoms with Crippen LogP contribution in [0.4, 0.5) is 0 Å². The molecule has 0 aliphatic carbocycles. The maximum atomic E-state index is 10.7. The molecule has 0 bridgehead atoms. The van der Waals surface area contributed by atoms with Gasteiger partial charge in [-0.1, -0.05) is 90.4 Å². The van der Waals surface area contributed by atoms with Crippen LogP contribution in [-0.4, -0.2) is 68.7 Å². The summed E-state index contributed by atoms with van der Waals surface area (Å²) in [5, 5.41) is 11.7. The molecule has 10 heteroatoms. The molecular weight excluding hydrogens is 513 g/mol. The minimum atomic E-state index is -3.33. The van der Waals surface area contributed by atoms with Crippen LogP contribution in [0.3, 0.4) is 0 Å². The summed E-state index contributed by atoms with van der Waals surface area (Å²) in [7, 11) is 1.79. The largest absolute Gasteiger partial charge is 0.481 e. The summed E-state index contributed by atoms with van der Waals surface area (Å²) in [5.74, 6) is -0.809. The Morgan fingerprint density at radius 3 is 1.86 bits per heavy atom. The normalized spacial score (nSPS) is 14.0. The van der Waals surface area contributed by atoms with Crippen LogP contribution in [0.5, 0.6) is 0 Å². The van der Waals surface area contributed by atoms with Crippen molar-refractivity contribution in [3.8, 4) is 0 Å². The van der Waals surface area contributed by atoms with E-state index in [0.717, 1.165) is 12.8 Å². The molecule has 0 saturated heterocycles. The molecule has 0 rings (SSSR count). The first-order valence-corrected chi connectivity index (χ1v) is 17.2. The first-order valence-electron chi connectivity index (χ1n) is 14.6. The number of carboxylic acid groups (broad SMARTS) is 1. The molecule has 0 aliphatic heterocycles. The van der Waals surface area contributed by atoms with E-state index < -0.39 is 12.7 Å². The van der Waals surface area contributed by atoms with Crippen LogP contribution in [-0.2, 0) is 35.1 Å². The third kappa shape index (κ3) is 28.7. The molecule has 0 aromatic heterocycles. The Labute approximate surface area is 231 Å². The lowest BCUT2D eigenvalue weighted by Crippen LogP contribution is -2.26. The van der Waals surface area contributed by atoms with E-state index in [0.29, 0.717) is 39.2 Å². The van der Waals surface area contributed by atoms with Crippen molar-refractivity contribution >= 4 is 24.5 Å². The van der Waals surface area contributed by atoms with Gasteiger partial charge in [0.2, 0.25) is 0 Å². The highest BCUT2D eigenvalue weighted by Crippen LogP contribution is 2.43. The van der Waals surface area contributed by atoms with Gasteiger partial charge in [0.05, 0.1) is 19.8 Å². The lowest BCUT2D eigenvalue weighted by molar-refractivity contribution is -0.137. The Bertz CT molecular complexity index is 557. The van der Waals surface area contributed by atoms with Crippen molar-refractivity contribution in [1.82, 2.24) is 5.32 Å². The molecule has 2 atom stereocenters. The summed E-state index contributed by atoms with van der Waals surface area (Å²) in [6, 6.07) is 0. The molecule has 0 spiro atoms. The molecule has 0 aromatic rings. The molecule has 0 aromatic carbocycles. The predicted molar refractivity (Wildman–Crippen MR) is 155 cm³/mol. The maximum Gasteiger partial charge on any atom is 0.324 e. The highest BCUT2D eigenvalue weighted by atomic mass is 32.5. The molecule has 37 heavy (non-hydrogen) atoms. The number of carbonyl (C=O) groups is 1. The number of hydrogen-bond acceptors (Lipinski definition) is 7. The monoisotopic (exact) mass is 569 g/mol. The minimum Gasteiger partial charge on any atom is -0.481 e. The zero-order valence-corrected chi connectivity index (χ0v) is 25.3. The first-order chi connectivity index (χ1) is 17.9. The van der Waals surface area contributed by atoms with Gasteiger partial charge in [-0.2, -0.15) is 0 Å². The van der Waals surface area contributed by atoms with Gasteiger partial charge in [0.1, 0.15) is 6.10 Å². The van der Waals surface area contributed by atoms with E-state index in [1.807, 2.05) is 0 Å². The SMILES string of the molecule is CCCCCCCCCCCCCCCCOCC(COP(O)(=S)OCCNC)OCCCCC(=O)O. The fourth-order valence-corrected chi connectivity index (χ4v) is 5.02. The lowest BCUT2D eigenvalue weighted by Gasteiger charge is -2.21. The zero-order chi connectivity index (χ0) is 27.5. The van der Waals surface area contributed by atoms with E-state index >= 15 is 0 Å². The molecule has 0 fully saturated rings. The third-order valence-corrected chi connectivity index (χ3v) is 7.73. The number of hydrogen-bond donors (Lipinski definition) is 3. The summed E-state index contributed by atoms with van der Waals surface area (Å²) < 4.78 is 22.3. The van der Waals surface area contributed by atoms with Gasteiger partial charge < -0.3 is 33.8 Å². The summed E-state index contributed by atoms with van der Waals surface area (Å²) >= 11 is 5.04. The van der Waals surface area contributed by atoms with Crippen molar-refractivity contribution in [2.24, 2.45) is 0 Å². The van der Waals surface area contributed by atoms with Gasteiger partial charge >= 0.3 is 12.7 Å². The van der Waals surface area contributed by atoms with Crippen LogP contribution in [0.1, 0.15) is 116 Å². The van der Waals surface area contributed by atoms with Gasteiger partial charge in [-0.3, -0.25) is 4.79 Å². The highest BCUT2D eigenvalue weighted by Gasteiger charge is 2.19. The smallest absolute Gasteiger partial charge is 0.324 e. The Morgan fingerprint density at radius 1 is 0.784 bits per heavy atom. The van der Waals surface area contributed by atoms with Crippen LogP contribution in [0.15, 0.2) is 0 Å². The van der Waals surface area contributed by atoms with Gasteiger partial charge in [0.25, 0.3) is 0 Å². The second-order valence-corrected chi connectivity index (χ2v) is 12.6. The van der Waals surface area contributed by atoms with Gasteiger partial charge in [-0.25, -0.2) is 0 Å².